The molecule has 2 fully saturated rings. The van der Waals surface area contributed by atoms with Crippen LogP contribution >= 0.6 is 0 Å². The summed E-state index contributed by atoms with van der Waals surface area (Å²) < 4.78 is 5.52. The van der Waals surface area contributed by atoms with E-state index in [1.54, 1.807) is 0 Å². The van der Waals surface area contributed by atoms with Gasteiger partial charge in [0, 0.05) is 6.54 Å². The maximum absolute atomic E-state index is 11.5. The summed E-state index contributed by atoms with van der Waals surface area (Å²) in [6.45, 7) is 2.40. The van der Waals surface area contributed by atoms with Gasteiger partial charge >= 0.3 is 0 Å². The summed E-state index contributed by atoms with van der Waals surface area (Å²) in [5, 5.41) is 15.6. The third-order valence-electron chi connectivity index (χ3n) is 3.41. The number of ether oxygens (including phenoxy) is 1. The van der Waals surface area contributed by atoms with Crippen LogP contribution in [0.4, 0.5) is 0 Å². The van der Waals surface area contributed by atoms with Crippen LogP contribution < -0.4 is 10.6 Å². The lowest BCUT2D eigenvalue weighted by atomic mass is 10.1. The zero-order valence-electron chi connectivity index (χ0n) is 10.2. The zero-order valence-corrected chi connectivity index (χ0v) is 10.2. The lowest BCUT2D eigenvalue weighted by Crippen LogP contribution is -2.38. The Kier molecular flexibility index (Phi) is 4.76. The summed E-state index contributed by atoms with van der Waals surface area (Å²) in [6, 6.07) is 0. The molecule has 2 rings (SSSR count). The van der Waals surface area contributed by atoms with E-state index in [0.29, 0.717) is 12.5 Å². The number of aliphatic hydroxyl groups is 1. The molecule has 0 radical (unpaired) electrons. The van der Waals surface area contributed by atoms with Crippen molar-refractivity contribution >= 4 is 5.91 Å². The largest absolute Gasteiger partial charge is 0.391 e. The first-order valence-electron chi connectivity index (χ1n) is 6.53. The number of hydrogen-bond acceptors (Lipinski definition) is 4. The van der Waals surface area contributed by atoms with Crippen molar-refractivity contribution < 1.29 is 14.6 Å². The highest BCUT2D eigenvalue weighted by molar-refractivity contribution is 5.77. The van der Waals surface area contributed by atoms with Gasteiger partial charge in [-0.05, 0) is 44.7 Å². The predicted molar refractivity (Wildman–Crippen MR) is 63.6 cm³/mol. The van der Waals surface area contributed by atoms with Crippen LogP contribution in [0, 0.1) is 5.92 Å². The number of rotatable bonds is 6. The van der Waals surface area contributed by atoms with E-state index in [1.165, 1.54) is 0 Å². The van der Waals surface area contributed by atoms with Crippen LogP contribution in [0.2, 0.25) is 0 Å². The summed E-state index contributed by atoms with van der Waals surface area (Å²) >= 11 is 0. The molecule has 1 unspecified atom stereocenters. The smallest absolute Gasteiger partial charge is 0.246 e. The average Bonchev–Trinajstić information content (AvgIpc) is 3.19. The van der Waals surface area contributed by atoms with Gasteiger partial charge in [0.05, 0.1) is 12.2 Å². The lowest BCUT2D eigenvalue weighted by molar-refractivity contribution is -0.128. The van der Waals surface area contributed by atoms with Crippen LogP contribution in [0.15, 0.2) is 0 Å². The quantitative estimate of drug-likeness (QED) is 0.595. The number of carbonyl (C=O) groups excluding carboxylic acids is 1. The van der Waals surface area contributed by atoms with Crippen molar-refractivity contribution in [2.75, 3.05) is 26.2 Å². The SMILES string of the molecule is O=C(COC1CCNCC1)NCC(O)C1CC1. The van der Waals surface area contributed by atoms with Crippen molar-refractivity contribution in [3.05, 3.63) is 0 Å². The molecule has 1 amide bonds. The van der Waals surface area contributed by atoms with Gasteiger partial charge in [-0.25, -0.2) is 0 Å². The molecule has 1 saturated heterocycles. The van der Waals surface area contributed by atoms with E-state index in [2.05, 4.69) is 10.6 Å². The van der Waals surface area contributed by atoms with Gasteiger partial charge in [-0.1, -0.05) is 0 Å². The van der Waals surface area contributed by atoms with Crippen LogP contribution in [0.25, 0.3) is 0 Å². The van der Waals surface area contributed by atoms with Gasteiger partial charge in [-0.15, -0.1) is 0 Å². The number of hydrogen-bond donors (Lipinski definition) is 3. The summed E-state index contributed by atoms with van der Waals surface area (Å²) in [5.41, 5.74) is 0. The van der Waals surface area contributed by atoms with Gasteiger partial charge in [0.2, 0.25) is 5.91 Å². The Labute approximate surface area is 102 Å². The van der Waals surface area contributed by atoms with Gasteiger partial charge in [-0.2, -0.15) is 0 Å². The molecule has 3 N–H and O–H groups in total. The second-order valence-electron chi connectivity index (χ2n) is 4.97. The molecule has 17 heavy (non-hydrogen) atoms. The molecule has 1 aliphatic heterocycles. The van der Waals surface area contributed by atoms with Crippen LogP contribution in [0.5, 0.6) is 0 Å². The summed E-state index contributed by atoms with van der Waals surface area (Å²) in [6.07, 6.45) is 3.94. The standard InChI is InChI=1S/C12H22N2O3/c15-11(9-1-2-9)7-14-12(16)8-17-10-3-5-13-6-4-10/h9-11,13,15H,1-8H2,(H,14,16). The summed E-state index contributed by atoms with van der Waals surface area (Å²) in [5.74, 6) is 0.281. The van der Waals surface area contributed by atoms with Gasteiger partial charge in [0.15, 0.2) is 0 Å². The molecular formula is C12H22N2O3. The first-order chi connectivity index (χ1) is 8.25. The normalized spacial score (nSPS) is 23.4. The third kappa shape index (κ3) is 4.61. The number of aliphatic hydroxyl groups excluding tert-OH is 1. The lowest BCUT2D eigenvalue weighted by Gasteiger charge is -2.22. The van der Waals surface area contributed by atoms with Gasteiger partial charge in [0.25, 0.3) is 0 Å². The predicted octanol–water partition coefficient (Wildman–Crippen LogP) is -0.358. The molecule has 0 aromatic heterocycles. The van der Waals surface area contributed by atoms with E-state index in [4.69, 9.17) is 4.74 Å². The zero-order chi connectivity index (χ0) is 12.1. The number of piperidine rings is 1. The fourth-order valence-corrected chi connectivity index (χ4v) is 2.07. The molecule has 1 aliphatic carbocycles. The Morgan fingerprint density at radius 2 is 2.06 bits per heavy atom. The fourth-order valence-electron chi connectivity index (χ4n) is 2.07. The van der Waals surface area contributed by atoms with Crippen molar-refractivity contribution in [2.24, 2.45) is 5.92 Å². The van der Waals surface area contributed by atoms with Crippen molar-refractivity contribution in [3.63, 3.8) is 0 Å². The Morgan fingerprint density at radius 1 is 1.35 bits per heavy atom. The maximum atomic E-state index is 11.5. The molecule has 1 atom stereocenters. The van der Waals surface area contributed by atoms with E-state index in [9.17, 15) is 9.90 Å². The Morgan fingerprint density at radius 3 is 2.71 bits per heavy atom. The van der Waals surface area contributed by atoms with Gasteiger partial charge < -0.3 is 20.5 Å². The van der Waals surface area contributed by atoms with Crippen molar-refractivity contribution in [1.82, 2.24) is 10.6 Å². The van der Waals surface area contributed by atoms with Crippen LogP contribution in [-0.4, -0.2) is 49.5 Å². The minimum absolute atomic E-state index is 0.113. The minimum Gasteiger partial charge on any atom is -0.391 e. The minimum atomic E-state index is -0.377. The molecule has 0 spiro atoms. The Hall–Kier alpha value is -0.650. The third-order valence-corrected chi connectivity index (χ3v) is 3.41. The van der Waals surface area contributed by atoms with Crippen molar-refractivity contribution in [3.8, 4) is 0 Å². The molecule has 5 nitrogen and oxygen atoms in total. The van der Waals surface area contributed by atoms with E-state index >= 15 is 0 Å². The van der Waals surface area contributed by atoms with E-state index in [1.807, 2.05) is 0 Å². The molecule has 2 aliphatic rings. The van der Waals surface area contributed by atoms with Crippen LogP contribution in [0.1, 0.15) is 25.7 Å². The van der Waals surface area contributed by atoms with Crippen molar-refractivity contribution in [1.29, 1.82) is 0 Å². The summed E-state index contributed by atoms with van der Waals surface area (Å²) in [7, 11) is 0. The van der Waals surface area contributed by atoms with Crippen LogP contribution in [0.3, 0.4) is 0 Å². The highest BCUT2D eigenvalue weighted by Crippen LogP contribution is 2.32. The first-order valence-corrected chi connectivity index (χ1v) is 6.53. The fraction of sp³-hybridized carbons (Fsp3) is 0.917. The second kappa shape index (κ2) is 6.33. The summed E-state index contributed by atoms with van der Waals surface area (Å²) in [4.78, 5) is 11.5. The molecule has 0 aromatic carbocycles. The van der Waals surface area contributed by atoms with Crippen molar-refractivity contribution in [2.45, 2.75) is 37.9 Å². The van der Waals surface area contributed by atoms with E-state index < -0.39 is 0 Å². The molecule has 98 valence electrons. The van der Waals surface area contributed by atoms with E-state index in [0.717, 1.165) is 38.8 Å². The second-order valence-corrected chi connectivity index (χ2v) is 4.97. The van der Waals surface area contributed by atoms with Crippen LogP contribution in [-0.2, 0) is 9.53 Å². The monoisotopic (exact) mass is 242 g/mol. The number of nitrogens with one attached hydrogen (secondary N) is 2. The maximum Gasteiger partial charge on any atom is 0.246 e. The number of carbonyl (C=O) groups is 1. The molecule has 0 bridgehead atoms. The topological polar surface area (TPSA) is 70.6 Å². The first kappa shape index (κ1) is 12.8. The number of amides is 1. The van der Waals surface area contributed by atoms with Gasteiger partial charge in [0.1, 0.15) is 6.61 Å². The van der Waals surface area contributed by atoms with E-state index in [-0.39, 0.29) is 24.7 Å². The molecule has 1 heterocycles. The van der Waals surface area contributed by atoms with Gasteiger partial charge in [-0.3, -0.25) is 4.79 Å². The molecular weight excluding hydrogens is 220 g/mol. The highest BCUT2D eigenvalue weighted by Gasteiger charge is 2.29. The average molecular weight is 242 g/mol. The highest BCUT2D eigenvalue weighted by atomic mass is 16.5. The molecule has 0 aromatic rings. The molecule has 1 saturated carbocycles. The molecule has 5 heteroatoms. The Bertz CT molecular complexity index is 250. The Balaban J connectivity index is 1.53.